The van der Waals surface area contributed by atoms with Crippen LogP contribution in [-0.2, 0) is 13.1 Å². The number of nitrogens with zero attached hydrogens (tertiary/aromatic N) is 6. The van der Waals surface area contributed by atoms with Crippen LogP contribution < -0.4 is 16.2 Å². The van der Waals surface area contributed by atoms with Crippen molar-refractivity contribution in [2.45, 2.75) is 32.0 Å². The largest absolute Gasteiger partial charge is 0.355 e. The number of halogens is 1. The Morgan fingerprint density at radius 3 is 2.61 bits per heavy atom. The van der Waals surface area contributed by atoms with Gasteiger partial charge in [0.2, 0.25) is 0 Å². The highest BCUT2D eigenvalue weighted by molar-refractivity contribution is 5.89. The molecule has 1 aliphatic heterocycles. The predicted octanol–water partition coefficient (Wildman–Crippen LogP) is 4.06. The van der Waals surface area contributed by atoms with E-state index in [1.165, 1.54) is 0 Å². The van der Waals surface area contributed by atoms with Gasteiger partial charge in [-0.15, -0.1) is 12.4 Å². The molecule has 0 aliphatic carbocycles. The zero-order chi connectivity index (χ0) is 25.4. The Morgan fingerprint density at radius 1 is 1.03 bits per heavy atom. The first kappa shape index (κ1) is 25.5. The second kappa shape index (κ2) is 10.7. The van der Waals surface area contributed by atoms with Crippen LogP contribution in [0, 0.1) is 11.3 Å². The van der Waals surface area contributed by atoms with Crippen LogP contribution in [0.3, 0.4) is 0 Å². The average molecular weight is 526 g/mol. The van der Waals surface area contributed by atoms with Gasteiger partial charge in [0.1, 0.15) is 28.5 Å². The molecule has 192 valence electrons. The number of anilines is 1. The molecule has 0 amide bonds. The fourth-order valence-corrected chi connectivity index (χ4v) is 5.39. The molecule has 0 saturated carbocycles. The molecule has 8 nitrogen and oxygen atoms in total. The van der Waals surface area contributed by atoms with Gasteiger partial charge in [-0.25, -0.2) is 4.98 Å². The highest BCUT2D eigenvalue weighted by Gasteiger charge is 2.28. The van der Waals surface area contributed by atoms with Crippen LogP contribution in [0.5, 0.6) is 0 Å². The van der Waals surface area contributed by atoms with Crippen molar-refractivity contribution in [1.29, 1.82) is 5.26 Å². The molecule has 0 bridgehead atoms. The molecule has 0 radical (unpaired) electrons. The third-order valence-corrected chi connectivity index (χ3v) is 7.13. The van der Waals surface area contributed by atoms with Crippen molar-refractivity contribution in [3.63, 3.8) is 0 Å². The highest BCUT2D eigenvalue weighted by atomic mass is 35.5. The second-order valence-electron chi connectivity index (χ2n) is 9.59. The topological polar surface area (TPSA) is 106 Å². The summed E-state index contributed by atoms with van der Waals surface area (Å²) in [5.74, 6) is 0.730. The van der Waals surface area contributed by atoms with Crippen molar-refractivity contribution in [2.24, 2.45) is 5.73 Å². The van der Waals surface area contributed by atoms with E-state index in [1.807, 2.05) is 65.2 Å². The lowest BCUT2D eigenvalue weighted by atomic mass is 10.1. The maximum atomic E-state index is 14.0. The Bertz CT molecular complexity index is 1700. The van der Waals surface area contributed by atoms with Crippen molar-refractivity contribution in [2.75, 3.05) is 18.0 Å². The summed E-state index contributed by atoms with van der Waals surface area (Å²) < 4.78 is 3.59. The van der Waals surface area contributed by atoms with Gasteiger partial charge >= 0.3 is 0 Å². The lowest BCUT2D eigenvalue weighted by molar-refractivity contribution is 0.498. The van der Waals surface area contributed by atoms with E-state index in [-0.39, 0.29) is 24.0 Å². The molecule has 9 heteroatoms. The highest BCUT2D eigenvalue weighted by Crippen LogP contribution is 2.32. The monoisotopic (exact) mass is 525 g/mol. The SMILES string of the molecule is Cl.N#Cc1c(N2CCC[C@H](N)C2)n(Cc2ccccc2)c2c(=O)n(Cc3ccnc4ccccc34)cnc12. The molecule has 1 fully saturated rings. The van der Waals surface area contributed by atoms with E-state index in [2.05, 4.69) is 20.9 Å². The zero-order valence-electron chi connectivity index (χ0n) is 20.8. The number of aromatic nitrogens is 4. The number of pyridine rings is 1. The molecule has 4 heterocycles. The lowest BCUT2D eigenvalue weighted by Gasteiger charge is -2.33. The summed E-state index contributed by atoms with van der Waals surface area (Å²) >= 11 is 0. The normalized spacial score (nSPS) is 15.4. The molecule has 3 aromatic heterocycles. The molecule has 6 rings (SSSR count). The van der Waals surface area contributed by atoms with Gasteiger partial charge in [0.05, 0.1) is 18.4 Å². The summed E-state index contributed by atoms with van der Waals surface area (Å²) in [7, 11) is 0. The van der Waals surface area contributed by atoms with E-state index in [4.69, 9.17) is 5.73 Å². The van der Waals surface area contributed by atoms with Gasteiger partial charge in [0, 0.05) is 37.3 Å². The summed E-state index contributed by atoms with van der Waals surface area (Å²) in [5, 5.41) is 11.2. The average Bonchev–Trinajstić information content (AvgIpc) is 3.24. The molecule has 1 aliphatic rings. The van der Waals surface area contributed by atoms with E-state index < -0.39 is 0 Å². The Labute approximate surface area is 226 Å². The Balaban J connectivity index is 0.00000294. The number of benzene rings is 2. The predicted molar refractivity (Wildman–Crippen MR) is 152 cm³/mol. The molecule has 0 unspecified atom stereocenters. The number of piperidine rings is 1. The number of hydrogen-bond acceptors (Lipinski definition) is 6. The molecule has 1 saturated heterocycles. The number of para-hydroxylation sites is 1. The van der Waals surface area contributed by atoms with Crippen LogP contribution in [0.15, 0.2) is 78.0 Å². The smallest absolute Gasteiger partial charge is 0.278 e. The van der Waals surface area contributed by atoms with E-state index in [9.17, 15) is 10.1 Å². The van der Waals surface area contributed by atoms with Gasteiger partial charge in [-0.3, -0.25) is 14.3 Å². The molecular weight excluding hydrogens is 498 g/mol. The fraction of sp³-hybridized carbons (Fsp3) is 0.241. The second-order valence-corrected chi connectivity index (χ2v) is 9.59. The molecule has 2 N–H and O–H groups in total. The van der Waals surface area contributed by atoms with Gasteiger partial charge in [0.15, 0.2) is 0 Å². The maximum Gasteiger partial charge on any atom is 0.278 e. The maximum absolute atomic E-state index is 14.0. The van der Waals surface area contributed by atoms with Crippen LogP contribution in [0.25, 0.3) is 21.9 Å². The van der Waals surface area contributed by atoms with Crippen LogP contribution in [0.1, 0.15) is 29.5 Å². The minimum Gasteiger partial charge on any atom is -0.355 e. The van der Waals surface area contributed by atoms with E-state index in [1.54, 1.807) is 17.1 Å². The van der Waals surface area contributed by atoms with E-state index in [0.29, 0.717) is 36.2 Å². The van der Waals surface area contributed by atoms with Crippen molar-refractivity contribution in [3.8, 4) is 6.07 Å². The van der Waals surface area contributed by atoms with Crippen molar-refractivity contribution >= 4 is 40.2 Å². The number of fused-ring (bicyclic) bond motifs is 2. The Hall–Kier alpha value is -4.19. The Kier molecular flexibility index (Phi) is 7.14. The quantitative estimate of drug-likeness (QED) is 0.371. The number of rotatable bonds is 5. The molecular formula is C29H28ClN7O. The molecule has 1 atom stereocenters. The van der Waals surface area contributed by atoms with Gasteiger partial charge in [0.25, 0.3) is 5.56 Å². The number of hydrogen-bond donors (Lipinski definition) is 1. The number of nitriles is 1. The first-order chi connectivity index (χ1) is 18.1. The van der Waals surface area contributed by atoms with Crippen LogP contribution >= 0.6 is 12.4 Å². The first-order valence-electron chi connectivity index (χ1n) is 12.5. The summed E-state index contributed by atoms with van der Waals surface area (Å²) in [5.41, 5.74) is 10.4. The Morgan fingerprint density at radius 2 is 1.82 bits per heavy atom. The van der Waals surface area contributed by atoms with E-state index in [0.717, 1.165) is 47.2 Å². The van der Waals surface area contributed by atoms with Crippen molar-refractivity contribution < 1.29 is 0 Å². The van der Waals surface area contributed by atoms with Gasteiger partial charge < -0.3 is 15.2 Å². The zero-order valence-corrected chi connectivity index (χ0v) is 21.6. The van der Waals surface area contributed by atoms with Gasteiger partial charge in [-0.05, 0) is 36.1 Å². The van der Waals surface area contributed by atoms with Gasteiger partial charge in [-0.1, -0.05) is 48.5 Å². The van der Waals surface area contributed by atoms with Gasteiger partial charge in [-0.2, -0.15) is 5.26 Å². The fourth-order valence-electron chi connectivity index (χ4n) is 5.39. The minimum absolute atomic E-state index is 0. The van der Waals surface area contributed by atoms with Crippen LogP contribution in [-0.4, -0.2) is 38.2 Å². The molecule has 2 aromatic carbocycles. The summed E-state index contributed by atoms with van der Waals surface area (Å²) in [6, 6.07) is 22.2. The minimum atomic E-state index is -0.175. The van der Waals surface area contributed by atoms with Crippen LogP contribution in [0.4, 0.5) is 5.82 Å². The third-order valence-electron chi connectivity index (χ3n) is 7.13. The number of nitrogens with two attached hydrogens (primary N) is 1. The summed E-state index contributed by atoms with van der Waals surface area (Å²) in [6.45, 7) is 2.23. The standard InChI is InChI=1S/C29H27N7O.ClH/c30-15-24-26-27(29(37)35(19-33-26)17-21-12-13-32-25-11-5-4-10-23(21)25)36(16-20-7-2-1-3-8-20)28(24)34-14-6-9-22(31)18-34;/h1-5,7-8,10-13,19,22H,6,9,14,16-18,31H2;1H/t22-;/m0./s1. The van der Waals surface area contributed by atoms with Crippen molar-refractivity contribution in [1.82, 2.24) is 19.1 Å². The third kappa shape index (κ3) is 4.51. The van der Waals surface area contributed by atoms with Crippen LogP contribution in [0.2, 0.25) is 0 Å². The van der Waals surface area contributed by atoms with E-state index >= 15 is 0 Å². The first-order valence-corrected chi connectivity index (χ1v) is 12.5. The molecule has 5 aromatic rings. The molecule has 0 spiro atoms. The summed E-state index contributed by atoms with van der Waals surface area (Å²) in [4.78, 5) is 25.3. The lowest BCUT2D eigenvalue weighted by Crippen LogP contribution is -2.44. The van der Waals surface area contributed by atoms with Crippen molar-refractivity contribution in [3.05, 3.63) is 100 Å². The molecule has 38 heavy (non-hydrogen) atoms. The summed E-state index contributed by atoms with van der Waals surface area (Å²) in [6.07, 6.45) is 5.20.